The Morgan fingerprint density at radius 3 is 2.23 bits per heavy atom. The molecule has 0 spiro atoms. The molecule has 0 aliphatic carbocycles. The summed E-state index contributed by atoms with van der Waals surface area (Å²) in [5.74, 6) is -0.363. The Hall–Kier alpha value is -2.08. The number of carbonyl (C=O) groups excluding carboxylic acids is 1. The molecule has 0 aliphatic rings. The van der Waals surface area contributed by atoms with E-state index >= 15 is 0 Å². The smallest absolute Gasteiger partial charge is 0.419 e. The molecule has 1 amide bonds. The Morgan fingerprint density at radius 1 is 1.27 bits per heavy atom. The molecular weight excluding hydrogens is 284 g/mol. The number of carbonyl (C=O) groups is 2. The largest absolute Gasteiger partial charge is 0.464 e. The van der Waals surface area contributed by atoms with E-state index in [2.05, 4.69) is 5.43 Å². The highest BCUT2D eigenvalue weighted by Gasteiger charge is 2.29. The minimum Gasteiger partial charge on any atom is -0.464 e. The zero-order valence-corrected chi connectivity index (χ0v) is 13.7. The van der Waals surface area contributed by atoms with Gasteiger partial charge in [0.15, 0.2) is 0 Å². The van der Waals surface area contributed by atoms with Crippen molar-refractivity contribution in [3.8, 4) is 0 Å². The second kappa shape index (κ2) is 7.26. The number of rotatable bonds is 5. The van der Waals surface area contributed by atoms with Crippen LogP contribution in [0, 0.1) is 0 Å². The van der Waals surface area contributed by atoms with Gasteiger partial charge >= 0.3 is 12.1 Å². The van der Waals surface area contributed by atoms with E-state index in [-0.39, 0.29) is 12.0 Å². The molecule has 0 saturated carbocycles. The highest BCUT2D eigenvalue weighted by atomic mass is 16.5. The zero-order valence-electron chi connectivity index (χ0n) is 13.7. The van der Waals surface area contributed by atoms with Crippen molar-refractivity contribution in [3.63, 3.8) is 0 Å². The molecule has 2 N–H and O–H groups in total. The molecule has 122 valence electrons. The topological polar surface area (TPSA) is 78.9 Å². The van der Waals surface area contributed by atoms with Gasteiger partial charge in [-0.1, -0.05) is 12.1 Å². The third kappa shape index (κ3) is 4.73. The average molecular weight is 308 g/mol. The lowest BCUT2D eigenvalue weighted by Crippen LogP contribution is -2.53. The van der Waals surface area contributed by atoms with E-state index in [4.69, 9.17) is 9.84 Å². The number of hydrogen-bond acceptors (Lipinski definition) is 4. The second-order valence-electron chi connectivity index (χ2n) is 5.98. The number of esters is 1. The first kappa shape index (κ1) is 18.0. The molecule has 1 aromatic carbocycles. The molecule has 6 heteroatoms. The maximum Gasteiger partial charge on any atom is 0.419 e. The Balaban J connectivity index is 2.97. The van der Waals surface area contributed by atoms with Gasteiger partial charge in [-0.25, -0.2) is 14.6 Å². The highest BCUT2D eigenvalue weighted by Crippen LogP contribution is 2.26. The van der Waals surface area contributed by atoms with Crippen molar-refractivity contribution in [3.05, 3.63) is 35.4 Å². The summed E-state index contributed by atoms with van der Waals surface area (Å²) in [6, 6.07) is 6.79. The first-order valence-electron chi connectivity index (χ1n) is 7.22. The van der Waals surface area contributed by atoms with E-state index in [9.17, 15) is 9.59 Å². The Labute approximate surface area is 131 Å². The quantitative estimate of drug-likeness (QED) is 0.645. The fraction of sp³-hybridized carbons (Fsp3) is 0.500. The van der Waals surface area contributed by atoms with Crippen LogP contribution in [0.15, 0.2) is 24.3 Å². The monoisotopic (exact) mass is 308 g/mol. The van der Waals surface area contributed by atoms with Crippen molar-refractivity contribution < 1.29 is 19.4 Å². The molecule has 0 saturated heterocycles. The van der Waals surface area contributed by atoms with E-state index in [0.717, 1.165) is 5.56 Å². The molecule has 1 unspecified atom stereocenters. The van der Waals surface area contributed by atoms with Crippen LogP contribution in [-0.4, -0.2) is 34.3 Å². The molecule has 1 aromatic rings. The van der Waals surface area contributed by atoms with Gasteiger partial charge in [0.2, 0.25) is 0 Å². The minimum absolute atomic E-state index is 0.188. The van der Waals surface area contributed by atoms with Gasteiger partial charge in [-0.3, -0.25) is 5.43 Å². The summed E-state index contributed by atoms with van der Waals surface area (Å²) in [6.07, 6.45) is -1.11. The van der Waals surface area contributed by atoms with Crippen LogP contribution in [0.1, 0.15) is 56.6 Å². The van der Waals surface area contributed by atoms with Crippen molar-refractivity contribution in [2.75, 3.05) is 6.61 Å². The summed E-state index contributed by atoms with van der Waals surface area (Å²) >= 11 is 0. The van der Waals surface area contributed by atoms with Crippen LogP contribution in [0.5, 0.6) is 0 Å². The van der Waals surface area contributed by atoms with Gasteiger partial charge in [-0.05, 0) is 52.3 Å². The Kier molecular flexibility index (Phi) is 5.93. The van der Waals surface area contributed by atoms with Crippen LogP contribution in [0.4, 0.5) is 4.79 Å². The summed E-state index contributed by atoms with van der Waals surface area (Å²) in [5, 5.41) is 10.7. The minimum atomic E-state index is -1.11. The lowest BCUT2D eigenvalue weighted by molar-refractivity contribution is 0.0323. The SMILES string of the molecule is CCOC(=O)c1ccc(C(C)N(NC(=O)O)C(C)(C)C)cc1. The van der Waals surface area contributed by atoms with Gasteiger partial charge in [0.25, 0.3) is 0 Å². The fourth-order valence-electron chi connectivity index (χ4n) is 2.21. The maximum atomic E-state index is 11.6. The fourth-order valence-corrected chi connectivity index (χ4v) is 2.21. The first-order chi connectivity index (χ1) is 10.2. The van der Waals surface area contributed by atoms with E-state index in [1.807, 2.05) is 27.7 Å². The van der Waals surface area contributed by atoms with Gasteiger partial charge in [0.05, 0.1) is 18.2 Å². The van der Waals surface area contributed by atoms with Gasteiger partial charge in [-0.15, -0.1) is 0 Å². The predicted molar refractivity (Wildman–Crippen MR) is 83.6 cm³/mol. The van der Waals surface area contributed by atoms with Crippen LogP contribution < -0.4 is 5.43 Å². The molecule has 0 bridgehead atoms. The number of nitrogens with one attached hydrogen (secondary N) is 1. The average Bonchev–Trinajstić information content (AvgIpc) is 2.43. The Bertz CT molecular complexity index is 520. The molecule has 0 heterocycles. The Morgan fingerprint density at radius 2 is 1.82 bits per heavy atom. The van der Waals surface area contributed by atoms with Crippen molar-refractivity contribution >= 4 is 12.1 Å². The van der Waals surface area contributed by atoms with Crippen molar-refractivity contribution in [2.24, 2.45) is 0 Å². The normalized spacial score (nSPS) is 12.8. The second-order valence-corrected chi connectivity index (χ2v) is 5.98. The van der Waals surface area contributed by atoms with Crippen LogP contribution in [-0.2, 0) is 4.74 Å². The summed E-state index contributed by atoms with van der Waals surface area (Å²) in [4.78, 5) is 22.6. The molecule has 0 radical (unpaired) electrons. The number of nitrogens with zero attached hydrogens (tertiary/aromatic N) is 1. The molecule has 0 aromatic heterocycles. The molecular formula is C16H24N2O4. The first-order valence-corrected chi connectivity index (χ1v) is 7.22. The molecule has 1 atom stereocenters. The lowest BCUT2D eigenvalue weighted by atomic mass is 10.0. The van der Waals surface area contributed by atoms with Crippen LogP contribution in [0.3, 0.4) is 0 Å². The highest BCUT2D eigenvalue weighted by molar-refractivity contribution is 5.89. The summed E-state index contributed by atoms with van der Waals surface area (Å²) < 4.78 is 4.94. The third-order valence-corrected chi connectivity index (χ3v) is 3.23. The van der Waals surface area contributed by atoms with Crippen molar-refractivity contribution in [2.45, 2.75) is 46.2 Å². The number of amides is 1. The lowest BCUT2D eigenvalue weighted by Gasteiger charge is -2.39. The number of carboxylic acid groups (broad SMARTS) is 1. The number of ether oxygens (including phenoxy) is 1. The van der Waals surface area contributed by atoms with E-state index in [1.54, 1.807) is 36.2 Å². The zero-order chi connectivity index (χ0) is 16.9. The maximum absolute atomic E-state index is 11.6. The predicted octanol–water partition coefficient (Wildman–Crippen LogP) is 3.21. The van der Waals surface area contributed by atoms with Crippen LogP contribution in [0.2, 0.25) is 0 Å². The van der Waals surface area contributed by atoms with Gasteiger partial charge in [0.1, 0.15) is 0 Å². The standard InChI is InChI=1S/C16H24N2O4/c1-6-22-14(19)13-9-7-12(8-10-13)11(2)18(16(3,4)5)17-15(20)21/h7-11,17H,6H2,1-5H3,(H,20,21). The van der Waals surface area contributed by atoms with Crippen LogP contribution >= 0.6 is 0 Å². The molecule has 0 aliphatic heterocycles. The van der Waals surface area contributed by atoms with E-state index < -0.39 is 11.6 Å². The third-order valence-electron chi connectivity index (χ3n) is 3.23. The van der Waals surface area contributed by atoms with Crippen molar-refractivity contribution in [1.29, 1.82) is 0 Å². The van der Waals surface area contributed by atoms with E-state index in [1.165, 1.54) is 0 Å². The summed E-state index contributed by atoms with van der Waals surface area (Å²) in [5.41, 5.74) is 3.42. The number of hydrogen-bond donors (Lipinski definition) is 2. The number of hydrazine groups is 1. The van der Waals surface area contributed by atoms with Crippen LogP contribution in [0.25, 0.3) is 0 Å². The molecule has 22 heavy (non-hydrogen) atoms. The molecule has 6 nitrogen and oxygen atoms in total. The van der Waals surface area contributed by atoms with Gasteiger partial charge in [-0.2, -0.15) is 0 Å². The van der Waals surface area contributed by atoms with E-state index in [0.29, 0.717) is 12.2 Å². The summed E-state index contributed by atoms with van der Waals surface area (Å²) in [6.45, 7) is 9.76. The number of benzene rings is 1. The van der Waals surface area contributed by atoms with Crippen molar-refractivity contribution in [1.82, 2.24) is 10.4 Å². The van der Waals surface area contributed by atoms with Gasteiger partial charge < -0.3 is 9.84 Å². The summed E-state index contributed by atoms with van der Waals surface area (Å²) in [7, 11) is 0. The molecule has 1 rings (SSSR count). The molecule has 0 fully saturated rings. The van der Waals surface area contributed by atoms with Gasteiger partial charge in [0, 0.05) is 5.54 Å².